The van der Waals surface area contributed by atoms with E-state index in [4.69, 9.17) is 4.74 Å². The van der Waals surface area contributed by atoms with Crippen molar-refractivity contribution in [3.8, 4) is 0 Å². The van der Waals surface area contributed by atoms with Crippen LogP contribution in [-0.2, 0) is 16.0 Å². The van der Waals surface area contributed by atoms with E-state index in [1.54, 1.807) is 6.92 Å². The monoisotopic (exact) mass is 320 g/mol. The number of methoxy groups -OCH3 is 1. The van der Waals surface area contributed by atoms with Gasteiger partial charge in [-0.15, -0.1) is 0 Å². The zero-order valence-electron chi connectivity index (χ0n) is 14.0. The smallest absolute Gasteiger partial charge is 0.339 e. The maximum Gasteiger partial charge on any atom is 0.339 e. The van der Waals surface area contributed by atoms with Crippen molar-refractivity contribution in [1.82, 2.24) is 9.88 Å². The van der Waals surface area contributed by atoms with Gasteiger partial charge in [-0.2, -0.15) is 0 Å². The zero-order valence-corrected chi connectivity index (χ0v) is 14.0. The molecule has 1 aliphatic rings. The number of rotatable bonds is 4. The maximum atomic E-state index is 12.5. The van der Waals surface area contributed by atoms with Gasteiger partial charge in [-0.25, -0.2) is 4.79 Å². The Morgan fingerprint density at radius 2 is 1.74 bits per heavy atom. The number of likely N-dealkylation sites (tertiary alicyclic amines) is 1. The third-order valence-corrected chi connectivity index (χ3v) is 4.36. The highest BCUT2D eigenvalue weighted by atomic mass is 16.5. The number of hydrogen-bond donors (Lipinski definition) is 1. The van der Waals surface area contributed by atoms with Gasteiger partial charge in [0.25, 0.3) is 0 Å². The minimum absolute atomic E-state index is 0.0200. The summed E-state index contributed by atoms with van der Waals surface area (Å²) >= 11 is 0. The first-order chi connectivity index (χ1) is 11.0. The van der Waals surface area contributed by atoms with Crippen LogP contribution in [0, 0.1) is 6.92 Å². The van der Waals surface area contributed by atoms with Crippen molar-refractivity contribution in [2.24, 2.45) is 0 Å². The summed E-state index contributed by atoms with van der Waals surface area (Å²) in [6, 6.07) is 0. The first kappa shape index (κ1) is 17.2. The zero-order chi connectivity index (χ0) is 17.0. The molecule has 0 aromatic carbocycles. The Morgan fingerprint density at radius 3 is 2.26 bits per heavy atom. The van der Waals surface area contributed by atoms with Crippen LogP contribution in [0.25, 0.3) is 0 Å². The Labute approximate surface area is 136 Å². The number of carbonyl (C=O) groups is 3. The molecule has 126 valence electrons. The molecule has 1 saturated heterocycles. The Kier molecular flexibility index (Phi) is 5.58. The van der Waals surface area contributed by atoms with E-state index >= 15 is 0 Å². The van der Waals surface area contributed by atoms with E-state index in [0.717, 1.165) is 38.8 Å². The average molecular weight is 320 g/mol. The van der Waals surface area contributed by atoms with Crippen molar-refractivity contribution >= 4 is 17.7 Å². The van der Waals surface area contributed by atoms with E-state index in [9.17, 15) is 14.4 Å². The number of Topliss-reactive ketones (excluding diaryl/α,β-unsaturated/α-hetero) is 1. The second kappa shape index (κ2) is 7.44. The molecule has 23 heavy (non-hydrogen) atoms. The summed E-state index contributed by atoms with van der Waals surface area (Å²) < 4.78 is 4.80. The van der Waals surface area contributed by atoms with Gasteiger partial charge in [-0.05, 0) is 25.3 Å². The van der Waals surface area contributed by atoms with Crippen molar-refractivity contribution in [2.75, 3.05) is 20.2 Å². The molecule has 1 aromatic heterocycles. The largest absolute Gasteiger partial charge is 0.465 e. The fourth-order valence-electron chi connectivity index (χ4n) is 3.10. The first-order valence-corrected chi connectivity index (χ1v) is 8.04. The van der Waals surface area contributed by atoms with E-state index in [1.165, 1.54) is 14.0 Å². The Morgan fingerprint density at radius 1 is 1.13 bits per heavy atom. The predicted molar refractivity (Wildman–Crippen MR) is 85.6 cm³/mol. The lowest BCUT2D eigenvalue weighted by molar-refractivity contribution is -0.130. The summed E-state index contributed by atoms with van der Waals surface area (Å²) in [4.78, 5) is 41.1. The van der Waals surface area contributed by atoms with Gasteiger partial charge in [0.15, 0.2) is 5.78 Å². The number of H-pyrrole nitrogens is 1. The van der Waals surface area contributed by atoms with E-state index in [1.807, 2.05) is 4.90 Å². The van der Waals surface area contributed by atoms with Crippen molar-refractivity contribution in [2.45, 2.75) is 46.0 Å². The van der Waals surface area contributed by atoms with E-state index in [2.05, 4.69) is 4.98 Å². The standard InChI is InChI=1S/C17H24N2O4/c1-11-15(17(22)23-3)13(18-16(11)12(2)20)10-14(21)19-8-6-4-5-7-9-19/h18H,4-10H2,1-3H3. The number of ether oxygens (including phenoxy) is 1. The summed E-state index contributed by atoms with van der Waals surface area (Å²) in [5.41, 5.74) is 1.68. The van der Waals surface area contributed by atoms with Crippen molar-refractivity contribution in [3.63, 3.8) is 0 Å². The number of esters is 1. The van der Waals surface area contributed by atoms with Gasteiger partial charge in [-0.1, -0.05) is 12.8 Å². The van der Waals surface area contributed by atoms with Crippen LogP contribution in [0.5, 0.6) is 0 Å². The second-order valence-corrected chi connectivity index (χ2v) is 6.00. The predicted octanol–water partition coefficient (Wildman–Crippen LogP) is 2.26. The van der Waals surface area contributed by atoms with Crippen LogP contribution in [0.3, 0.4) is 0 Å². The Bertz CT molecular complexity index is 610. The van der Waals surface area contributed by atoms with Gasteiger partial charge in [0.1, 0.15) is 0 Å². The molecular formula is C17H24N2O4. The highest BCUT2D eigenvalue weighted by Gasteiger charge is 2.26. The number of aromatic amines is 1. The molecule has 0 radical (unpaired) electrons. The van der Waals surface area contributed by atoms with Gasteiger partial charge < -0.3 is 14.6 Å². The van der Waals surface area contributed by atoms with Gasteiger partial charge in [-0.3, -0.25) is 9.59 Å². The van der Waals surface area contributed by atoms with Crippen LogP contribution in [-0.4, -0.2) is 47.7 Å². The molecule has 0 atom stereocenters. The van der Waals surface area contributed by atoms with Gasteiger partial charge >= 0.3 is 5.97 Å². The summed E-state index contributed by atoms with van der Waals surface area (Å²) in [7, 11) is 1.29. The van der Waals surface area contributed by atoms with Crippen molar-refractivity contribution < 1.29 is 19.1 Å². The average Bonchev–Trinajstić information content (AvgIpc) is 2.70. The van der Waals surface area contributed by atoms with Crippen LogP contribution in [0.4, 0.5) is 0 Å². The summed E-state index contributed by atoms with van der Waals surface area (Å²) in [6.45, 7) is 4.64. The number of nitrogens with one attached hydrogen (secondary N) is 1. The topological polar surface area (TPSA) is 79.5 Å². The maximum absolute atomic E-state index is 12.5. The molecule has 6 heteroatoms. The fraction of sp³-hybridized carbons (Fsp3) is 0.588. The third-order valence-electron chi connectivity index (χ3n) is 4.36. The van der Waals surface area contributed by atoms with Gasteiger partial charge in [0.05, 0.1) is 24.8 Å². The van der Waals surface area contributed by atoms with Gasteiger partial charge in [0, 0.05) is 25.7 Å². The minimum Gasteiger partial charge on any atom is -0.465 e. The lowest BCUT2D eigenvalue weighted by atomic mass is 10.1. The molecule has 1 aromatic rings. The summed E-state index contributed by atoms with van der Waals surface area (Å²) in [5.74, 6) is -0.709. The van der Waals surface area contributed by atoms with Crippen LogP contribution in [0.1, 0.15) is 64.7 Å². The number of carbonyl (C=O) groups excluding carboxylic acids is 3. The number of amides is 1. The van der Waals surface area contributed by atoms with Gasteiger partial charge in [0.2, 0.25) is 5.91 Å². The van der Waals surface area contributed by atoms with Crippen LogP contribution >= 0.6 is 0 Å². The molecule has 2 heterocycles. The number of ketones is 1. The summed E-state index contributed by atoms with van der Waals surface area (Å²) in [6.07, 6.45) is 4.40. The third kappa shape index (κ3) is 3.81. The van der Waals surface area contributed by atoms with Crippen molar-refractivity contribution in [3.05, 3.63) is 22.5 Å². The van der Waals surface area contributed by atoms with E-state index in [-0.39, 0.29) is 18.1 Å². The van der Waals surface area contributed by atoms with Crippen LogP contribution in [0.2, 0.25) is 0 Å². The molecule has 0 aliphatic carbocycles. The first-order valence-electron chi connectivity index (χ1n) is 8.04. The SMILES string of the molecule is COC(=O)c1c(CC(=O)N2CCCCCC2)[nH]c(C(C)=O)c1C. The Hall–Kier alpha value is -2.11. The van der Waals surface area contributed by atoms with E-state index < -0.39 is 5.97 Å². The molecule has 0 spiro atoms. The molecule has 6 nitrogen and oxygen atoms in total. The molecule has 0 bridgehead atoms. The van der Waals surface area contributed by atoms with Crippen LogP contribution in [0.15, 0.2) is 0 Å². The van der Waals surface area contributed by atoms with Crippen molar-refractivity contribution in [1.29, 1.82) is 0 Å². The lowest BCUT2D eigenvalue weighted by Crippen LogP contribution is -2.33. The molecule has 1 amide bonds. The molecular weight excluding hydrogens is 296 g/mol. The highest BCUT2D eigenvalue weighted by Crippen LogP contribution is 2.21. The molecule has 0 unspecified atom stereocenters. The number of nitrogens with zero attached hydrogens (tertiary/aromatic N) is 1. The lowest BCUT2D eigenvalue weighted by Gasteiger charge is -2.20. The Balaban J connectivity index is 2.27. The second-order valence-electron chi connectivity index (χ2n) is 6.00. The molecule has 1 aliphatic heterocycles. The number of hydrogen-bond acceptors (Lipinski definition) is 4. The van der Waals surface area contributed by atoms with Crippen LogP contribution < -0.4 is 0 Å². The van der Waals surface area contributed by atoms with E-state index in [0.29, 0.717) is 22.5 Å². The fourth-order valence-corrected chi connectivity index (χ4v) is 3.10. The minimum atomic E-state index is -0.523. The molecule has 1 fully saturated rings. The molecule has 1 N–H and O–H groups in total. The summed E-state index contributed by atoms with van der Waals surface area (Å²) in [5, 5.41) is 0. The number of aromatic nitrogens is 1. The normalized spacial score (nSPS) is 15.2. The molecule has 2 rings (SSSR count). The highest BCUT2D eigenvalue weighted by molar-refractivity contribution is 6.01. The quantitative estimate of drug-likeness (QED) is 0.681. The molecule has 0 saturated carbocycles.